The molecule has 1 aromatic carbocycles. The molecule has 0 unspecified atom stereocenters. The number of carbonyl (C=O) groups is 3. The zero-order chi connectivity index (χ0) is 18.1. The summed E-state index contributed by atoms with van der Waals surface area (Å²) in [5.41, 5.74) is 0.769. The number of carbonyl (C=O) groups excluding carboxylic acids is 4. The van der Waals surface area contributed by atoms with Gasteiger partial charge in [-0.25, -0.2) is 14.5 Å². The van der Waals surface area contributed by atoms with E-state index in [-0.39, 0.29) is 6.54 Å². The number of nitrogens with zero attached hydrogens (tertiary/aromatic N) is 3. The van der Waals surface area contributed by atoms with Crippen molar-refractivity contribution in [3.63, 3.8) is 0 Å². The summed E-state index contributed by atoms with van der Waals surface area (Å²) in [5.74, 6) is -0.697. The molecule has 1 radical (unpaired) electrons. The summed E-state index contributed by atoms with van der Waals surface area (Å²) in [5, 5.41) is 0. The summed E-state index contributed by atoms with van der Waals surface area (Å²) in [6, 6.07) is 7.59. The quantitative estimate of drug-likeness (QED) is 0.771. The molecule has 7 heteroatoms. The summed E-state index contributed by atoms with van der Waals surface area (Å²) < 4.78 is 0. The number of hydrogen-bond acceptors (Lipinski definition) is 4. The Morgan fingerprint density at radius 3 is 2.17 bits per heavy atom. The smallest absolute Gasteiger partial charge is 0.330 e. The van der Waals surface area contributed by atoms with Crippen LogP contribution in [-0.4, -0.2) is 66.1 Å². The van der Waals surface area contributed by atoms with E-state index in [1.165, 1.54) is 37.4 Å². The Morgan fingerprint density at radius 2 is 1.67 bits per heavy atom. The lowest BCUT2D eigenvalue weighted by Gasteiger charge is -2.27. The summed E-state index contributed by atoms with van der Waals surface area (Å²) >= 11 is 0. The third-order valence-corrected chi connectivity index (χ3v) is 3.10. The van der Waals surface area contributed by atoms with Crippen LogP contribution in [0.15, 0.2) is 36.4 Å². The second-order valence-electron chi connectivity index (χ2n) is 5.02. The molecule has 0 bridgehead atoms. The normalized spacial score (nSPS) is 10.3. The standard InChI is InChI=1S/C17H20N3O4/c1-4-19(16(23)18(2)3)17(24)20(12-13-21)15(22)11-10-14-8-6-5-7-9-14/h5-11H,4,12H2,1-3H3/b11-10+. The molecule has 0 fully saturated rings. The van der Waals surface area contributed by atoms with Gasteiger partial charge < -0.3 is 4.90 Å². The average Bonchev–Trinajstić information content (AvgIpc) is 2.58. The van der Waals surface area contributed by atoms with Gasteiger partial charge in [0.05, 0.1) is 6.54 Å². The Kier molecular flexibility index (Phi) is 7.35. The number of urea groups is 2. The predicted octanol–water partition coefficient (Wildman–Crippen LogP) is 1.76. The van der Waals surface area contributed by atoms with Gasteiger partial charge in [0.1, 0.15) is 0 Å². The first-order valence-corrected chi connectivity index (χ1v) is 7.34. The molecule has 24 heavy (non-hydrogen) atoms. The number of rotatable bonds is 5. The Balaban J connectivity index is 2.97. The van der Waals surface area contributed by atoms with E-state index in [0.717, 1.165) is 10.5 Å². The van der Waals surface area contributed by atoms with Gasteiger partial charge in [-0.05, 0) is 18.6 Å². The second-order valence-corrected chi connectivity index (χ2v) is 5.02. The molecule has 0 N–H and O–H groups in total. The van der Waals surface area contributed by atoms with Crippen LogP contribution in [0, 0.1) is 0 Å². The molecule has 0 aliphatic carbocycles. The van der Waals surface area contributed by atoms with Crippen LogP contribution in [0.4, 0.5) is 9.59 Å². The fourth-order valence-corrected chi connectivity index (χ4v) is 1.87. The molecule has 7 nitrogen and oxygen atoms in total. The molecule has 0 saturated carbocycles. The topological polar surface area (TPSA) is 78.0 Å². The van der Waals surface area contributed by atoms with Crippen molar-refractivity contribution in [2.45, 2.75) is 6.92 Å². The Morgan fingerprint density at radius 1 is 1.04 bits per heavy atom. The lowest BCUT2D eigenvalue weighted by molar-refractivity contribution is -0.123. The molecular weight excluding hydrogens is 310 g/mol. The minimum Gasteiger partial charge on any atom is -0.330 e. The summed E-state index contributed by atoms with van der Waals surface area (Å²) in [6.07, 6.45) is 4.23. The van der Waals surface area contributed by atoms with E-state index in [1.807, 2.05) is 6.07 Å². The molecule has 1 aromatic rings. The Bertz CT molecular complexity index is 626. The number of imide groups is 2. The molecule has 0 saturated heterocycles. The van der Waals surface area contributed by atoms with Crippen LogP contribution >= 0.6 is 0 Å². The first-order chi connectivity index (χ1) is 11.4. The van der Waals surface area contributed by atoms with Gasteiger partial charge in [-0.3, -0.25) is 14.5 Å². The highest BCUT2D eigenvalue weighted by molar-refractivity contribution is 6.07. The Hall–Kier alpha value is -2.96. The van der Waals surface area contributed by atoms with E-state index in [9.17, 15) is 19.2 Å². The van der Waals surface area contributed by atoms with Crippen LogP contribution in [-0.2, 0) is 9.59 Å². The number of hydrogen-bond donors (Lipinski definition) is 0. The van der Waals surface area contributed by atoms with Crippen LogP contribution in [0.2, 0.25) is 0 Å². The van der Waals surface area contributed by atoms with Crippen molar-refractivity contribution >= 4 is 30.3 Å². The summed E-state index contributed by atoms with van der Waals surface area (Å²) in [7, 11) is 2.98. The lowest BCUT2D eigenvalue weighted by Crippen LogP contribution is -2.51. The lowest BCUT2D eigenvalue weighted by atomic mass is 10.2. The molecule has 127 valence electrons. The molecular formula is C17H20N3O4. The van der Waals surface area contributed by atoms with Crippen molar-refractivity contribution in [2.24, 2.45) is 0 Å². The van der Waals surface area contributed by atoms with Gasteiger partial charge in [-0.15, -0.1) is 0 Å². The van der Waals surface area contributed by atoms with Crippen LogP contribution in [0.1, 0.15) is 12.5 Å². The van der Waals surface area contributed by atoms with Gasteiger partial charge in [-0.2, -0.15) is 0 Å². The highest BCUT2D eigenvalue weighted by Gasteiger charge is 2.29. The van der Waals surface area contributed by atoms with E-state index in [2.05, 4.69) is 0 Å². The van der Waals surface area contributed by atoms with E-state index in [1.54, 1.807) is 31.2 Å². The van der Waals surface area contributed by atoms with Crippen molar-refractivity contribution < 1.29 is 19.2 Å². The van der Waals surface area contributed by atoms with Gasteiger partial charge in [0, 0.05) is 26.7 Å². The first kappa shape index (κ1) is 19.1. The highest BCUT2D eigenvalue weighted by Crippen LogP contribution is 2.06. The zero-order valence-electron chi connectivity index (χ0n) is 13.9. The van der Waals surface area contributed by atoms with Crippen LogP contribution in [0.3, 0.4) is 0 Å². The van der Waals surface area contributed by atoms with Crippen LogP contribution in [0.5, 0.6) is 0 Å². The van der Waals surface area contributed by atoms with Crippen molar-refractivity contribution in [1.29, 1.82) is 0 Å². The van der Waals surface area contributed by atoms with E-state index < -0.39 is 24.5 Å². The highest BCUT2D eigenvalue weighted by atomic mass is 16.2. The minimum absolute atomic E-state index is 0.0703. The van der Waals surface area contributed by atoms with Crippen molar-refractivity contribution in [1.82, 2.24) is 14.7 Å². The zero-order valence-corrected chi connectivity index (χ0v) is 13.9. The van der Waals surface area contributed by atoms with Gasteiger partial charge in [0.25, 0.3) is 5.91 Å². The third kappa shape index (κ3) is 5.05. The average molecular weight is 330 g/mol. The number of amides is 5. The van der Waals surface area contributed by atoms with Gasteiger partial charge >= 0.3 is 12.1 Å². The molecule has 0 aromatic heterocycles. The summed E-state index contributed by atoms with van der Waals surface area (Å²) in [4.78, 5) is 50.2. The molecule has 0 aliphatic heterocycles. The fraction of sp³-hybridized carbons (Fsp3) is 0.294. The molecule has 5 amide bonds. The molecule has 0 atom stereocenters. The van der Waals surface area contributed by atoms with E-state index in [4.69, 9.17) is 0 Å². The van der Waals surface area contributed by atoms with Gasteiger partial charge in [0.15, 0.2) is 0 Å². The largest absolute Gasteiger partial charge is 0.335 e. The number of benzene rings is 1. The molecule has 0 spiro atoms. The van der Waals surface area contributed by atoms with E-state index in [0.29, 0.717) is 4.90 Å². The maximum atomic E-state index is 12.4. The molecule has 0 aliphatic rings. The van der Waals surface area contributed by atoms with Crippen LogP contribution in [0.25, 0.3) is 6.08 Å². The maximum absolute atomic E-state index is 12.4. The van der Waals surface area contributed by atoms with Crippen molar-refractivity contribution in [2.75, 3.05) is 27.2 Å². The first-order valence-electron chi connectivity index (χ1n) is 7.34. The van der Waals surface area contributed by atoms with E-state index >= 15 is 0 Å². The maximum Gasteiger partial charge on any atom is 0.335 e. The predicted molar refractivity (Wildman–Crippen MR) is 89.7 cm³/mol. The van der Waals surface area contributed by atoms with Crippen LogP contribution < -0.4 is 0 Å². The minimum atomic E-state index is -0.859. The monoisotopic (exact) mass is 330 g/mol. The van der Waals surface area contributed by atoms with Gasteiger partial charge in [-0.1, -0.05) is 30.3 Å². The molecule has 0 heterocycles. The Labute approximate surface area is 141 Å². The molecule has 1 rings (SSSR count). The summed E-state index contributed by atoms with van der Waals surface area (Å²) in [6.45, 7) is 1.13. The van der Waals surface area contributed by atoms with Gasteiger partial charge in [0.2, 0.25) is 6.29 Å². The second kappa shape index (κ2) is 9.24. The fourth-order valence-electron chi connectivity index (χ4n) is 1.87. The van der Waals surface area contributed by atoms with Crippen molar-refractivity contribution in [3.8, 4) is 0 Å². The van der Waals surface area contributed by atoms with Crippen molar-refractivity contribution in [3.05, 3.63) is 42.0 Å². The SMILES string of the molecule is CCN(C(=O)N(C)C)C(=O)N(C[C]=O)C(=O)/C=C/c1ccccc1. The third-order valence-electron chi connectivity index (χ3n) is 3.10.